The van der Waals surface area contributed by atoms with Crippen molar-refractivity contribution in [3.63, 3.8) is 0 Å². The van der Waals surface area contributed by atoms with Crippen LogP contribution >= 0.6 is 0 Å². The zero-order valence-corrected chi connectivity index (χ0v) is 19.2. The highest BCUT2D eigenvalue weighted by atomic mass is 16.5. The maximum atomic E-state index is 5.56. The van der Waals surface area contributed by atoms with Crippen molar-refractivity contribution in [2.24, 2.45) is 4.99 Å². The molecule has 1 fully saturated rings. The summed E-state index contributed by atoms with van der Waals surface area (Å²) < 4.78 is 16.4. The first-order chi connectivity index (χ1) is 16.3. The summed E-state index contributed by atoms with van der Waals surface area (Å²) in [6.07, 6.45) is 0. The summed E-state index contributed by atoms with van der Waals surface area (Å²) in [6, 6.07) is 20.3. The van der Waals surface area contributed by atoms with Gasteiger partial charge in [-0.15, -0.1) is 0 Å². The second-order valence-electron chi connectivity index (χ2n) is 7.79. The SMILES string of the molecule is CN=C(NCc1cc(-c2ccccc2)on1)NCC(c1ccc(OC)cc1)N1CCOCC1. The minimum atomic E-state index is 0.190. The van der Waals surface area contributed by atoms with Crippen LogP contribution in [-0.4, -0.2) is 63.0 Å². The van der Waals surface area contributed by atoms with Gasteiger partial charge in [0.15, 0.2) is 11.7 Å². The number of hydrogen-bond donors (Lipinski definition) is 2. The summed E-state index contributed by atoms with van der Waals surface area (Å²) in [7, 11) is 3.45. The smallest absolute Gasteiger partial charge is 0.191 e. The summed E-state index contributed by atoms with van der Waals surface area (Å²) in [5, 5.41) is 11.0. The number of benzene rings is 2. The van der Waals surface area contributed by atoms with Crippen molar-refractivity contribution >= 4 is 5.96 Å². The molecule has 2 heterocycles. The lowest BCUT2D eigenvalue weighted by Crippen LogP contribution is -2.46. The van der Waals surface area contributed by atoms with Crippen LogP contribution in [0.15, 0.2) is 70.2 Å². The van der Waals surface area contributed by atoms with Gasteiger partial charge in [0.25, 0.3) is 0 Å². The van der Waals surface area contributed by atoms with Gasteiger partial charge in [0.1, 0.15) is 11.4 Å². The van der Waals surface area contributed by atoms with Crippen LogP contribution in [0.25, 0.3) is 11.3 Å². The van der Waals surface area contributed by atoms with Crippen molar-refractivity contribution in [3.05, 3.63) is 71.9 Å². The van der Waals surface area contributed by atoms with Crippen LogP contribution in [0.3, 0.4) is 0 Å². The third-order valence-electron chi connectivity index (χ3n) is 5.73. The molecule has 33 heavy (non-hydrogen) atoms. The van der Waals surface area contributed by atoms with E-state index < -0.39 is 0 Å². The van der Waals surface area contributed by atoms with Gasteiger partial charge in [-0.25, -0.2) is 0 Å². The number of ether oxygens (including phenoxy) is 2. The average Bonchev–Trinajstić information content (AvgIpc) is 3.36. The highest BCUT2D eigenvalue weighted by molar-refractivity contribution is 5.79. The van der Waals surface area contributed by atoms with Crippen LogP contribution < -0.4 is 15.4 Å². The molecule has 3 aromatic rings. The van der Waals surface area contributed by atoms with E-state index in [0.717, 1.165) is 49.1 Å². The molecule has 0 aliphatic carbocycles. The topological polar surface area (TPSA) is 84.2 Å². The highest BCUT2D eigenvalue weighted by Gasteiger charge is 2.23. The third-order valence-corrected chi connectivity index (χ3v) is 5.73. The Kier molecular flexibility index (Phi) is 7.94. The van der Waals surface area contributed by atoms with Gasteiger partial charge in [0, 0.05) is 38.3 Å². The fourth-order valence-electron chi connectivity index (χ4n) is 3.89. The second-order valence-corrected chi connectivity index (χ2v) is 7.79. The molecule has 1 saturated heterocycles. The number of methoxy groups -OCH3 is 1. The van der Waals surface area contributed by atoms with E-state index >= 15 is 0 Å². The molecule has 1 aromatic heterocycles. The van der Waals surface area contributed by atoms with E-state index in [0.29, 0.717) is 19.0 Å². The molecule has 1 aliphatic heterocycles. The van der Waals surface area contributed by atoms with Gasteiger partial charge < -0.3 is 24.6 Å². The van der Waals surface area contributed by atoms with Crippen LogP contribution in [-0.2, 0) is 11.3 Å². The zero-order chi connectivity index (χ0) is 22.9. The number of guanidine groups is 1. The zero-order valence-electron chi connectivity index (χ0n) is 19.2. The van der Waals surface area contributed by atoms with E-state index in [1.165, 1.54) is 5.56 Å². The molecule has 174 valence electrons. The Labute approximate surface area is 194 Å². The lowest BCUT2D eigenvalue weighted by molar-refractivity contribution is 0.0170. The Morgan fingerprint density at radius 3 is 2.55 bits per heavy atom. The first kappa shape index (κ1) is 22.8. The number of aliphatic imine (C=N–C) groups is 1. The fraction of sp³-hybridized carbons (Fsp3) is 0.360. The Balaban J connectivity index is 1.37. The van der Waals surface area contributed by atoms with Crippen molar-refractivity contribution < 1.29 is 14.0 Å². The molecule has 1 atom stereocenters. The molecule has 2 N–H and O–H groups in total. The van der Waals surface area contributed by atoms with Crippen molar-refractivity contribution in [3.8, 4) is 17.1 Å². The highest BCUT2D eigenvalue weighted by Crippen LogP contribution is 2.24. The normalized spacial score (nSPS) is 15.8. The Morgan fingerprint density at radius 1 is 1.09 bits per heavy atom. The molecule has 0 amide bonds. The maximum absolute atomic E-state index is 5.56. The van der Waals surface area contributed by atoms with Crippen LogP contribution in [0.1, 0.15) is 17.3 Å². The van der Waals surface area contributed by atoms with Crippen molar-refractivity contribution in [2.45, 2.75) is 12.6 Å². The molecule has 1 unspecified atom stereocenters. The monoisotopic (exact) mass is 449 g/mol. The number of aromatic nitrogens is 1. The van der Waals surface area contributed by atoms with Gasteiger partial charge >= 0.3 is 0 Å². The van der Waals surface area contributed by atoms with Crippen molar-refractivity contribution in [2.75, 3.05) is 47.0 Å². The Morgan fingerprint density at radius 2 is 1.85 bits per heavy atom. The number of nitrogens with zero attached hydrogens (tertiary/aromatic N) is 3. The Bertz CT molecular complexity index is 1010. The molecular weight excluding hydrogens is 418 g/mol. The summed E-state index contributed by atoms with van der Waals surface area (Å²) in [4.78, 5) is 6.82. The minimum absolute atomic E-state index is 0.190. The molecule has 2 aromatic carbocycles. The molecule has 8 heteroatoms. The van der Waals surface area contributed by atoms with E-state index in [9.17, 15) is 0 Å². The minimum Gasteiger partial charge on any atom is -0.497 e. The largest absolute Gasteiger partial charge is 0.497 e. The summed E-state index contributed by atoms with van der Waals surface area (Å²) >= 11 is 0. The molecule has 1 aliphatic rings. The molecule has 0 spiro atoms. The molecule has 0 radical (unpaired) electrons. The maximum Gasteiger partial charge on any atom is 0.191 e. The van der Waals surface area contributed by atoms with E-state index in [-0.39, 0.29) is 6.04 Å². The molecule has 0 bridgehead atoms. The average molecular weight is 450 g/mol. The van der Waals surface area contributed by atoms with Crippen LogP contribution in [0, 0.1) is 0 Å². The fourth-order valence-corrected chi connectivity index (χ4v) is 3.89. The van der Waals surface area contributed by atoms with Gasteiger partial charge in [0.05, 0.1) is 32.9 Å². The van der Waals surface area contributed by atoms with Gasteiger partial charge in [-0.2, -0.15) is 0 Å². The number of nitrogens with one attached hydrogen (secondary N) is 2. The summed E-state index contributed by atoms with van der Waals surface area (Å²) in [6.45, 7) is 4.50. The molecule has 4 rings (SSSR count). The number of hydrogen-bond acceptors (Lipinski definition) is 6. The summed E-state index contributed by atoms with van der Waals surface area (Å²) in [5.74, 6) is 2.32. The molecule has 8 nitrogen and oxygen atoms in total. The van der Waals surface area contributed by atoms with E-state index in [2.05, 4.69) is 37.8 Å². The predicted octanol–water partition coefficient (Wildman–Crippen LogP) is 3.09. The van der Waals surface area contributed by atoms with Crippen LogP contribution in [0.2, 0.25) is 0 Å². The lowest BCUT2D eigenvalue weighted by Gasteiger charge is -2.35. The molecule has 0 saturated carbocycles. The lowest BCUT2D eigenvalue weighted by atomic mass is 10.0. The quantitative estimate of drug-likeness (QED) is 0.404. The van der Waals surface area contributed by atoms with E-state index in [1.807, 2.05) is 48.5 Å². The summed E-state index contributed by atoms with van der Waals surface area (Å²) in [5.41, 5.74) is 3.05. The standard InChI is InChI=1S/C25H31N5O3/c1-26-25(27-17-21-16-24(33-29-21)20-6-4-3-5-7-20)28-18-23(30-12-14-32-15-13-30)19-8-10-22(31-2)11-9-19/h3-11,16,23H,12-15,17-18H2,1-2H3,(H2,26,27,28). The molecular formula is C25H31N5O3. The predicted molar refractivity (Wildman–Crippen MR) is 128 cm³/mol. The number of rotatable bonds is 8. The van der Waals surface area contributed by atoms with Gasteiger partial charge in [0.2, 0.25) is 0 Å². The Hall–Kier alpha value is -3.36. The van der Waals surface area contributed by atoms with Crippen LogP contribution in [0.5, 0.6) is 5.75 Å². The van der Waals surface area contributed by atoms with E-state index in [4.69, 9.17) is 14.0 Å². The first-order valence-corrected chi connectivity index (χ1v) is 11.2. The van der Waals surface area contributed by atoms with E-state index in [1.54, 1.807) is 14.2 Å². The van der Waals surface area contributed by atoms with Gasteiger partial charge in [-0.3, -0.25) is 9.89 Å². The number of morpholine rings is 1. The van der Waals surface area contributed by atoms with Crippen molar-refractivity contribution in [1.29, 1.82) is 0 Å². The van der Waals surface area contributed by atoms with Crippen molar-refractivity contribution in [1.82, 2.24) is 20.7 Å². The van der Waals surface area contributed by atoms with Gasteiger partial charge in [-0.1, -0.05) is 47.6 Å². The first-order valence-electron chi connectivity index (χ1n) is 11.2. The third kappa shape index (κ3) is 6.12. The van der Waals surface area contributed by atoms with Gasteiger partial charge in [-0.05, 0) is 17.7 Å². The van der Waals surface area contributed by atoms with Crippen LogP contribution in [0.4, 0.5) is 0 Å². The second kappa shape index (κ2) is 11.5.